The molecule has 0 radical (unpaired) electrons. The molecule has 0 heterocycles. The quantitative estimate of drug-likeness (QED) is 0.595. The third-order valence-electron chi connectivity index (χ3n) is 1.80. The number of alkyl halides is 1. The van der Waals surface area contributed by atoms with Gasteiger partial charge in [-0.1, -0.05) is 0 Å². The molecular formula is C10H11ClN2O2. The van der Waals surface area contributed by atoms with Crippen LogP contribution in [0.1, 0.15) is 10.4 Å². The van der Waals surface area contributed by atoms with Gasteiger partial charge in [-0.05, 0) is 24.3 Å². The second-order valence-corrected chi connectivity index (χ2v) is 3.15. The molecular weight excluding hydrogens is 216 g/mol. The average molecular weight is 227 g/mol. The Bertz CT molecular complexity index is 362. The van der Waals surface area contributed by atoms with E-state index >= 15 is 0 Å². The summed E-state index contributed by atoms with van der Waals surface area (Å²) in [5.74, 6) is -0.511. The van der Waals surface area contributed by atoms with Crippen LogP contribution in [0.5, 0.6) is 0 Å². The fraction of sp³-hybridized carbons (Fsp3) is 0.200. The minimum absolute atomic E-state index is 0.0205. The highest BCUT2D eigenvalue weighted by Gasteiger charge is 2.03. The van der Waals surface area contributed by atoms with Crippen molar-refractivity contribution in [1.82, 2.24) is 0 Å². The predicted molar refractivity (Wildman–Crippen MR) is 59.2 cm³/mol. The Balaban J connectivity index is 2.72. The zero-order valence-electron chi connectivity index (χ0n) is 8.00. The maximum Gasteiger partial charge on any atom is 0.239 e. The lowest BCUT2D eigenvalue weighted by molar-refractivity contribution is -0.113. The van der Waals surface area contributed by atoms with Gasteiger partial charge in [0, 0.05) is 11.3 Å². The third kappa shape index (κ3) is 3.34. The summed E-state index contributed by atoms with van der Waals surface area (Å²) in [5, 5.41) is 2.56. The number of hydrogen-bond donors (Lipinski definition) is 2. The molecule has 0 saturated heterocycles. The van der Waals surface area contributed by atoms with Crippen molar-refractivity contribution in [1.29, 1.82) is 0 Å². The molecule has 0 atom stereocenters. The summed E-state index contributed by atoms with van der Waals surface area (Å²) in [6, 6.07) is 6.48. The molecule has 0 aliphatic rings. The summed E-state index contributed by atoms with van der Waals surface area (Å²) < 4.78 is 0. The first-order valence-electron chi connectivity index (χ1n) is 4.36. The van der Waals surface area contributed by atoms with Gasteiger partial charge in [-0.2, -0.15) is 0 Å². The van der Waals surface area contributed by atoms with Gasteiger partial charge in [-0.3, -0.25) is 9.59 Å². The third-order valence-corrected chi connectivity index (χ3v) is 2.04. The second kappa shape index (κ2) is 5.48. The number of carbonyl (C=O) groups is 2. The number of Topliss-reactive ketones (excluding diaryl/α,β-unsaturated/α-hetero) is 1. The Morgan fingerprint density at radius 2 is 1.87 bits per heavy atom. The van der Waals surface area contributed by atoms with Crippen molar-refractivity contribution in [2.75, 3.05) is 17.7 Å². The molecule has 1 aromatic carbocycles. The molecule has 5 heteroatoms. The van der Waals surface area contributed by atoms with Gasteiger partial charge in [0.2, 0.25) is 5.91 Å². The van der Waals surface area contributed by atoms with Gasteiger partial charge >= 0.3 is 0 Å². The highest BCUT2D eigenvalue weighted by atomic mass is 35.5. The Morgan fingerprint density at radius 3 is 2.33 bits per heavy atom. The normalized spacial score (nSPS) is 9.73. The summed E-state index contributed by atoms with van der Waals surface area (Å²) in [7, 11) is 0. The average Bonchev–Trinajstić information content (AvgIpc) is 2.29. The number of ketones is 1. The fourth-order valence-electron chi connectivity index (χ4n) is 1.05. The van der Waals surface area contributed by atoms with Gasteiger partial charge < -0.3 is 11.1 Å². The lowest BCUT2D eigenvalue weighted by atomic mass is 10.1. The van der Waals surface area contributed by atoms with Crippen molar-refractivity contribution < 1.29 is 9.59 Å². The minimum atomic E-state index is -0.283. The van der Waals surface area contributed by atoms with E-state index in [1.54, 1.807) is 24.3 Å². The molecule has 0 saturated carbocycles. The van der Waals surface area contributed by atoms with E-state index in [4.69, 9.17) is 17.3 Å². The molecule has 0 aromatic heterocycles. The van der Waals surface area contributed by atoms with Crippen LogP contribution in [0.4, 0.5) is 5.69 Å². The summed E-state index contributed by atoms with van der Waals surface area (Å²) in [6.07, 6.45) is 0. The summed E-state index contributed by atoms with van der Waals surface area (Å²) in [6.45, 7) is -0.0205. The van der Waals surface area contributed by atoms with Crippen molar-refractivity contribution in [3.63, 3.8) is 0 Å². The summed E-state index contributed by atoms with van der Waals surface area (Å²) in [4.78, 5) is 22.1. The molecule has 0 aliphatic heterocycles. The molecule has 80 valence electrons. The Hall–Kier alpha value is -1.39. The van der Waals surface area contributed by atoms with Gasteiger partial charge in [0.15, 0.2) is 5.78 Å². The number of anilines is 1. The minimum Gasteiger partial charge on any atom is -0.325 e. The Kier molecular flexibility index (Phi) is 4.27. The molecule has 1 aromatic rings. The van der Waals surface area contributed by atoms with E-state index in [9.17, 15) is 9.59 Å². The zero-order chi connectivity index (χ0) is 11.3. The molecule has 0 unspecified atom stereocenters. The predicted octanol–water partition coefficient (Wildman–Crippen LogP) is 1.01. The number of nitrogens with two attached hydrogens (primary N) is 1. The second-order valence-electron chi connectivity index (χ2n) is 2.89. The van der Waals surface area contributed by atoms with E-state index in [0.717, 1.165) is 0 Å². The van der Waals surface area contributed by atoms with E-state index in [-0.39, 0.29) is 24.1 Å². The van der Waals surface area contributed by atoms with E-state index in [1.807, 2.05) is 0 Å². The number of rotatable bonds is 4. The molecule has 4 nitrogen and oxygen atoms in total. The molecule has 1 rings (SSSR count). The van der Waals surface area contributed by atoms with Crippen LogP contribution in [0.15, 0.2) is 24.3 Å². The highest BCUT2D eigenvalue weighted by molar-refractivity contribution is 6.29. The van der Waals surface area contributed by atoms with Gasteiger partial charge in [0.1, 0.15) is 5.88 Å². The van der Waals surface area contributed by atoms with Crippen LogP contribution >= 0.6 is 11.6 Å². The van der Waals surface area contributed by atoms with E-state index < -0.39 is 0 Å². The number of hydrogen-bond acceptors (Lipinski definition) is 3. The fourth-order valence-corrected chi connectivity index (χ4v) is 1.12. The monoisotopic (exact) mass is 226 g/mol. The van der Waals surface area contributed by atoms with Crippen LogP contribution in [0.2, 0.25) is 0 Å². The van der Waals surface area contributed by atoms with Gasteiger partial charge in [0.05, 0.1) is 6.54 Å². The first-order chi connectivity index (χ1) is 7.17. The molecule has 15 heavy (non-hydrogen) atoms. The van der Waals surface area contributed by atoms with Crippen LogP contribution < -0.4 is 11.1 Å². The zero-order valence-corrected chi connectivity index (χ0v) is 8.75. The lowest BCUT2D eigenvalue weighted by Gasteiger charge is -2.03. The smallest absolute Gasteiger partial charge is 0.239 e. The molecule has 0 bridgehead atoms. The van der Waals surface area contributed by atoms with Crippen molar-refractivity contribution in [3.8, 4) is 0 Å². The number of halogens is 1. The maximum atomic E-state index is 11.2. The van der Waals surface area contributed by atoms with E-state index in [1.165, 1.54) is 0 Å². The van der Waals surface area contributed by atoms with Gasteiger partial charge in [-0.15, -0.1) is 11.6 Å². The van der Waals surface area contributed by atoms with Crippen molar-refractivity contribution in [3.05, 3.63) is 29.8 Å². The Labute approximate surface area is 92.4 Å². The van der Waals surface area contributed by atoms with Crippen LogP contribution in [0.3, 0.4) is 0 Å². The van der Waals surface area contributed by atoms with Crippen LogP contribution in [0.25, 0.3) is 0 Å². The Morgan fingerprint density at radius 1 is 1.27 bits per heavy atom. The molecule has 1 amide bonds. The van der Waals surface area contributed by atoms with E-state index in [0.29, 0.717) is 11.3 Å². The molecule has 3 N–H and O–H groups in total. The largest absolute Gasteiger partial charge is 0.325 e. The number of carbonyl (C=O) groups excluding carboxylic acids is 2. The maximum absolute atomic E-state index is 11.2. The first-order valence-corrected chi connectivity index (χ1v) is 4.90. The number of nitrogens with one attached hydrogen (secondary N) is 1. The topological polar surface area (TPSA) is 72.2 Å². The van der Waals surface area contributed by atoms with Crippen LogP contribution in [-0.2, 0) is 4.79 Å². The highest BCUT2D eigenvalue weighted by Crippen LogP contribution is 2.09. The van der Waals surface area contributed by atoms with Crippen molar-refractivity contribution >= 4 is 29.0 Å². The summed E-state index contributed by atoms with van der Waals surface area (Å²) in [5.41, 5.74) is 6.34. The van der Waals surface area contributed by atoms with Crippen molar-refractivity contribution in [2.24, 2.45) is 5.73 Å². The van der Waals surface area contributed by atoms with Crippen molar-refractivity contribution in [2.45, 2.75) is 0 Å². The SMILES string of the molecule is NCC(=O)c1ccc(NC(=O)CCl)cc1. The molecule has 0 fully saturated rings. The van der Waals surface area contributed by atoms with Crippen LogP contribution in [0, 0.1) is 0 Å². The van der Waals surface area contributed by atoms with Gasteiger partial charge in [0.25, 0.3) is 0 Å². The standard InChI is InChI=1S/C10H11ClN2O2/c11-5-10(15)13-8-3-1-7(2-4-8)9(14)6-12/h1-4H,5-6,12H2,(H,13,15). The summed E-state index contributed by atoms with van der Waals surface area (Å²) >= 11 is 5.32. The number of amides is 1. The van der Waals surface area contributed by atoms with E-state index in [2.05, 4.69) is 5.32 Å². The molecule has 0 aliphatic carbocycles. The number of benzene rings is 1. The van der Waals surface area contributed by atoms with Gasteiger partial charge in [-0.25, -0.2) is 0 Å². The first kappa shape index (κ1) is 11.7. The lowest BCUT2D eigenvalue weighted by Crippen LogP contribution is -2.14. The van der Waals surface area contributed by atoms with Crippen LogP contribution in [-0.4, -0.2) is 24.1 Å². The molecule has 0 spiro atoms.